The van der Waals surface area contributed by atoms with Crippen molar-refractivity contribution in [3.8, 4) is 11.5 Å². The van der Waals surface area contributed by atoms with Gasteiger partial charge in [0.2, 0.25) is 0 Å². The van der Waals surface area contributed by atoms with E-state index in [4.69, 9.17) is 9.47 Å². The molecular formula is C22H19NO6S2. The summed E-state index contributed by atoms with van der Waals surface area (Å²) in [5, 5.41) is 0. The molecule has 3 aromatic carbocycles. The summed E-state index contributed by atoms with van der Waals surface area (Å²) in [5.74, 6) is -0.222. The molecule has 0 bridgehead atoms. The normalized spacial score (nSPS) is 11.1. The molecule has 160 valence electrons. The van der Waals surface area contributed by atoms with Gasteiger partial charge in [-0.3, -0.25) is 9.59 Å². The van der Waals surface area contributed by atoms with E-state index in [2.05, 4.69) is 3.77 Å². The number of carbonyl (C=O) groups excluding carboxylic acids is 2. The maximum atomic E-state index is 12.9. The first-order chi connectivity index (χ1) is 14.7. The van der Waals surface area contributed by atoms with E-state index >= 15 is 0 Å². The van der Waals surface area contributed by atoms with Crippen molar-refractivity contribution in [3.05, 3.63) is 78.9 Å². The summed E-state index contributed by atoms with van der Waals surface area (Å²) in [6.45, 7) is 2.59. The van der Waals surface area contributed by atoms with E-state index in [0.717, 1.165) is 0 Å². The number of nitrogens with zero attached hydrogens (tertiary/aromatic N) is 1. The summed E-state index contributed by atoms with van der Waals surface area (Å²) in [6, 6.07) is 20.9. The maximum Gasteiger partial charge on any atom is 0.308 e. The van der Waals surface area contributed by atoms with E-state index in [1.165, 1.54) is 26.0 Å². The van der Waals surface area contributed by atoms with Crippen molar-refractivity contribution in [1.29, 1.82) is 0 Å². The molecule has 0 saturated heterocycles. The molecule has 0 aromatic heterocycles. The van der Waals surface area contributed by atoms with Crippen LogP contribution in [-0.2, 0) is 30.3 Å². The van der Waals surface area contributed by atoms with E-state index in [-0.39, 0.29) is 4.90 Å². The third-order valence-electron chi connectivity index (χ3n) is 3.83. The zero-order valence-electron chi connectivity index (χ0n) is 16.7. The summed E-state index contributed by atoms with van der Waals surface area (Å²) in [5.41, 5.74) is 0. The summed E-state index contributed by atoms with van der Waals surface area (Å²) in [6.07, 6.45) is 0. The fraction of sp³-hybridized carbons (Fsp3) is 0.0909. The Bertz CT molecular complexity index is 1160. The van der Waals surface area contributed by atoms with Gasteiger partial charge in [0.15, 0.2) is 0 Å². The maximum absolute atomic E-state index is 12.9. The molecule has 0 heterocycles. The van der Waals surface area contributed by atoms with Crippen molar-refractivity contribution in [3.63, 3.8) is 0 Å². The molecular weight excluding hydrogens is 438 g/mol. The minimum Gasteiger partial charge on any atom is -0.427 e. The molecule has 0 saturated carbocycles. The molecule has 0 N–H and O–H groups in total. The van der Waals surface area contributed by atoms with Gasteiger partial charge in [-0.05, 0) is 71.4 Å². The molecule has 31 heavy (non-hydrogen) atoms. The molecule has 7 nitrogen and oxygen atoms in total. The third-order valence-corrected chi connectivity index (χ3v) is 7.52. The number of benzene rings is 3. The second-order valence-electron chi connectivity index (χ2n) is 6.28. The molecule has 0 amide bonds. The monoisotopic (exact) mass is 457 g/mol. The molecule has 0 aliphatic heterocycles. The highest BCUT2D eigenvalue weighted by Gasteiger charge is 2.16. The average molecular weight is 458 g/mol. The van der Waals surface area contributed by atoms with Crippen molar-refractivity contribution in [2.45, 2.75) is 28.5 Å². The van der Waals surface area contributed by atoms with E-state index in [0.29, 0.717) is 21.3 Å². The Balaban J connectivity index is 2.08. The summed E-state index contributed by atoms with van der Waals surface area (Å²) >= 11 is 0. The van der Waals surface area contributed by atoms with Crippen LogP contribution < -0.4 is 9.47 Å². The number of carbonyl (C=O) groups is 2. The highest BCUT2D eigenvalue weighted by molar-refractivity contribution is 8.00. The zero-order valence-corrected chi connectivity index (χ0v) is 18.4. The summed E-state index contributed by atoms with van der Waals surface area (Å²) in [7, 11) is -5.15. The number of rotatable bonds is 6. The van der Waals surface area contributed by atoms with Crippen LogP contribution in [-0.4, -0.2) is 20.4 Å². The molecule has 0 spiro atoms. The number of ether oxygens (including phenoxy) is 2. The second-order valence-corrected chi connectivity index (χ2v) is 9.81. The van der Waals surface area contributed by atoms with Crippen molar-refractivity contribution >= 4 is 32.7 Å². The Hall–Kier alpha value is -3.30. The standard InChI is InChI=1S/C22H19NO6S2/c1-16(24)28-18-8-12-20(13-9-18)30(21-14-10-19(11-15-21)29-17(2)25)23-31(26,27)22-6-4-3-5-7-22/h3-15H,1-2H3. The second kappa shape index (κ2) is 9.67. The SMILES string of the molecule is CC(=O)Oc1ccc(S(=NS(=O)(=O)c2ccccc2)c2ccc(OC(C)=O)cc2)cc1. The molecule has 3 rings (SSSR count). The fourth-order valence-corrected chi connectivity index (χ4v) is 5.94. The quantitative estimate of drug-likeness (QED) is 0.407. The largest absolute Gasteiger partial charge is 0.427 e. The minimum atomic E-state index is -3.95. The van der Waals surface area contributed by atoms with Crippen LogP contribution in [0.5, 0.6) is 11.5 Å². The van der Waals surface area contributed by atoms with Crippen molar-refractivity contribution in [2.24, 2.45) is 3.77 Å². The predicted molar refractivity (Wildman–Crippen MR) is 115 cm³/mol. The van der Waals surface area contributed by atoms with E-state index < -0.39 is 32.7 Å². The van der Waals surface area contributed by atoms with Gasteiger partial charge in [-0.2, -0.15) is 8.42 Å². The number of sulfonamides is 1. The van der Waals surface area contributed by atoms with E-state index in [9.17, 15) is 18.0 Å². The molecule has 0 fully saturated rings. The van der Waals surface area contributed by atoms with Crippen LogP contribution in [0.4, 0.5) is 0 Å². The first kappa shape index (κ1) is 22.4. The molecule has 0 aliphatic carbocycles. The average Bonchev–Trinajstić information content (AvgIpc) is 2.73. The highest BCUT2D eigenvalue weighted by Crippen LogP contribution is 2.26. The third kappa shape index (κ3) is 6.09. The first-order valence-corrected chi connectivity index (χ1v) is 11.7. The number of hydrogen-bond acceptors (Lipinski definition) is 6. The zero-order chi connectivity index (χ0) is 22.4. The number of hydrogen-bond donors (Lipinski definition) is 0. The van der Waals surface area contributed by atoms with Crippen LogP contribution in [0.25, 0.3) is 0 Å². The summed E-state index contributed by atoms with van der Waals surface area (Å²) in [4.78, 5) is 23.6. The molecule has 0 aliphatic rings. The Morgan fingerprint density at radius 1 is 0.710 bits per heavy atom. The van der Waals surface area contributed by atoms with Gasteiger partial charge in [-0.25, -0.2) is 0 Å². The smallest absolute Gasteiger partial charge is 0.308 e. The van der Waals surface area contributed by atoms with Crippen LogP contribution in [0, 0.1) is 0 Å². The lowest BCUT2D eigenvalue weighted by Gasteiger charge is -2.11. The van der Waals surface area contributed by atoms with E-state index in [1.807, 2.05) is 0 Å². The van der Waals surface area contributed by atoms with Crippen LogP contribution in [0.3, 0.4) is 0 Å². The van der Waals surface area contributed by atoms with Gasteiger partial charge in [0, 0.05) is 23.6 Å². The van der Waals surface area contributed by atoms with Crippen LogP contribution in [0.1, 0.15) is 13.8 Å². The van der Waals surface area contributed by atoms with Gasteiger partial charge in [0.1, 0.15) is 11.5 Å². The molecule has 0 unspecified atom stereocenters. The molecule has 9 heteroatoms. The lowest BCUT2D eigenvalue weighted by Crippen LogP contribution is -2.04. The fourth-order valence-electron chi connectivity index (χ4n) is 2.56. The Morgan fingerprint density at radius 2 is 1.13 bits per heavy atom. The van der Waals surface area contributed by atoms with Crippen LogP contribution >= 0.6 is 0 Å². The van der Waals surface area contributed by atoms with E-state index in [1.54, 1.807) is 66.7 Å². The lowest BCUT2D eigenvalue weighted by atomic mass is 10.3. The summed E-state index contributed by atoms with van der Waals surface area (Å²) < 4.78 is 40.1. The topological polar surface area (TPSA) is 99.1 Å². The molecule has 0 atom stereocenters. The van der Waals surface area contributed by atoms with Crippen LogP contribution in [0.15, 0.2) is 97.3 Å². The Morgan fingerprint density at radius 3 is 1.52 bits per heavy atom. The van der Waals surface area contributed by atoms with Crippen LogP contribution in [0.2, 0.25) is 0 Å². The molecule has 3 aromatic rings. The van der Waals surface area contributed by atoms with Gasteiger partial charge in [0.25, 0.3) is 10.0 Å². The first-order valence-electron chi connectivity index (χ1n) is 9.09. The minimum absolute atomic E-state index is 0.0839. The van der Waals surface area contributed by atoms with Gasteiger partial charge < -0.3 is 9.47 Å². The molecule has 0 radical (unpaired) electrons. The van der Waals surface area contributed by atoms with Crippen molar-refractivity contribution < 1.29 is 27.5 Å². The number of esters is 2. The van der Waals surface area contributed by atoms with Crippen molar-refractivity contribution in [2.75, 3.05) is 0 Å². The van der Waals surface area contributed by atoms with Gasteiger partial charge in [0.05, 0.1) is 4.90 Å². The highest BCUT2D eigenvalue weighted by atomic mass is 32.3. The van der Waals surface area contributed by atoms with Gasteiger partial charge >= 0.3 is 11.9 Å². The Kier molecular flexibility index (Phi) is 6.98. The van der Waals surface area contributed by atoms with Crippen molar-refractivity contribution in [1.82, 2.24) is 0 Å². The van der Waals surface area contributed by atoms with Gasteiger partial charge in [-0.1, -0.05) is 18.2 Å². The van der Waals surface area contributed by atoms with Gasteiger partial charge in [-0.15, -0.1) is 3.77 Å². The lowest BCUT2D eigenvalue weighted by molar-refractivity contribution is -0.132. The predicted octanol–water partition coefficient (Wildman–Crippen LogP) is 4.15. The Labute approximate surface area is 182 Å².